The van der Waals surface area contributed by atoms with Gasteiger partial charge in [-0.2, -0.15) is 0 Å². The molecule has 0 amide bonds. The minimum absolute atomic E-state index is 0.0444. The van der Waals surface area contributed by atoms with Crippen molar-refractivity contribution in [3.63, 3.8) is 0 Å². The van der Waals surface area contributed by atoms with Gasteiger partial charge < -0.3 is 10.2 Å². The largest absolute Gasteiger partial charge is 0.385 e. The first-order valence-electron chi connectivity index (χ1n) is 13.7. The van der Waals surface area contributed by atoms with Crippen molar-refractivity contribution >= 4 is 43.4 Å². The third-order valence-corrected chi connectivity index (χ3v) is 10.4. The number of nitrogens with zero attached hydrogens (tertiary/aromatic N) is 3. The number of Topliss-reactive ketones (excluding diaryl/α,β-unsaturated/α-hetero) is 1. The predicted molar refractivity (Wildman–Crippen MR) is 161 cm³/mol. The number of ketones is 1. The number of hydrogen-bond acceptors (Lipinski definition) is 8. The molecule has 1 saturated heterocycles. The minimum Gasteiger partial charge on any atom is -0.385 e. The zero-order valence-electron chi connectivity index (χ0n) is 22.6. The van der Waals surface area contributed by atoms with Crippen LogP contribution in [0, 0.1) is 6.92 Å². The van der Waals surface area contributed by atoms with Crippen molar-refractivity contribution < 1.29 is 13.2 Å². The molecule has 1 aliphatic heterocycles. The summed E-state index contributed by atoms with van der Waals surface area (Å²) in [7, 11) is -3.65. The monoisotopic (exact) mass is 578 g/mol. The highest BCUT2D eigenvalue weighted by atomic mass is 32.2. The molecular weight excluding hydrogens is 544 g/mol. The van der Waals surface area contributed by atoms with Crippen molar-refractivity contribution in [3.8, 4) is 5.82 Å². The first kappa shape index (κ1) is 28.2. The van der Waals surface area contributed by atoms with Crippen LogP contribution in [-0.2, 0) is 21.1 Å². The number of sulfone groups is 1. The summed E-state index contributed by atoms with van der Waals surface area (Å²) in [6.07, 6.45) is 8.21. The highest BCUT2D eigenvalue weighted by molar-refractivity contribution is 7.94. The Balaban J connectivity index is 1.20. The predicted octanol–water partition coefficient (Wildman–Crippen LogP) is 4.63. The molecule has 40 heavy (non-hydrogen) atoms. The van der Waals surface area contributed by atoms with Crippen molar-refractivity contribution in [1.82, 2.24) is 14.5 Å². The minimum atomic E-state index is -3.65. The summed E-state index contributed by atoms with van der Waals surface area (Å²) in [6, 6.07) is 14.3. The fourth-order valence-electron chi connectivity index (χ4n) is 5.06. The maximum Gasteiger partial charge on any atom is 0.264 e. The first-order valence-corrected chi connectivity index (χ1v) is 16.1. The van der Waals surface area contributed by atoms with Gasteiger partial charge in [0.05, 0.1) is 0 Å². The van der Waals surface area contributed by atoms with Crippen LogP contribution in [0.15, 0.2) is 69.9 Å². The van der Waals surface area contributed by atoms with Crippen LogP contribution in [0.25, 0.3) is 16.6 Å². The van der Waals surface area contributed by atoms with Gasteiger partial charge in [0.1, 0.15) is 15.8 Å². The zero-order valence-corrected chi connectivity index (χ0v) is 24.3. The number of benzene rings is 1. The number of carbonyl (C=O) groups is 1. The lowest BCUT2D eigenvalue weighted by molar-refractivity contribution is -0.116. The SMILES string of the molecule is Cc1ccc(S(=O)(=O)CC(=O)Cc2ccc(-n3ccc4cc(NCCCN5CCCCC5)ccc4c3=O)nc2)s1. The third kappa shape index (κ3) is 6.86. The van der Waals surface area contributed by atoms with Gasteiger partial charge in [-0.3, -0.25) is 14.2 Å². The van der Waals surface area contributed by atoms with E-state index in [-0.39, 0.29) is 16.2 Å². The van der Waals surface area contributed by atoms with Crippen LogP contribution in [-0.4, -0.2) is 60.6 Å². The Hall–Kier alpha value is -3.34. The second kappa shape index (κ2) is 12.4. The van der Waals surface area contributed by atoms with Gasteiger partial charge in [0.2, 0.25) is 0 Å². The van der Waals surface area contributed by atoms with E-state index in [1.807, 2.05) is 31.2 Å². The molecule has 1 N–H and O–H groups in total. The van der Waals surface area contributed by atoms with Crippen molar-refractivity contribution in [2.24, 2.45) is 0 Å². The van der Waals surface area contributed by atoms with Crippen LogP contribution >= 0.6 is 11.3 Å². The second-order valence-electron chi connectivity index (χ2n) is 10.3. The van der Waals surface area contributed by atoms with Crippen molar-refractivity contribution in [2.45, 2.75) is 43.2 Å². The lowest BCUT2D eigenvalue weighted by Gasteiger charge is -2.26. The number of thiophene rings is 1. The van der Waals surface area contributed by atoms with Crippen molar-refractivity contribution in [2.75, 3.05) is 37.2 Å². The van der Waals surface area contributed by atoms with E-state index in [1.54, 1.807) is 24.4 Å². The summed E-state index contributed by atoms with van der Waals surface area (Å²) in [5.74, 6) is -0.516. The summed E-state index contributed by atoms with van der Waals surface area (Å²) < 4.78 is 26.7. The van der Waals surface area contributed by atoms with Gasteiger partial charge in [0.25, 0.3) is 5.56 Å². The van der Waals surface area contributed by atoms with Crippen molar-refractivity contribution in [1.29, 1.82) is 0 Å². The molecule has 10 heteroatoms. The van der Waals surface area contributed by atoms with Crippen LogP contribution in [0.4, 0.5) is 5.69 Å². The van der Waals surface area contributed by atoms with E-state index in [2.05, 4.69) is 15.2 Å². The molecule has 5 rings (SSSR count). The first-order chi connectivity index (χ1) is 19.3. The molecule has 0 radical (unpaired) electrons. The molecule has 3 aromatic heterocycles. The lowest BCUT2D eigenvalue weighted by Crippen LogP contribution is -2.31. The number of rotatable bonds is 11. The molecule has 4 heterocycles. The number of fused-ring (bicyclic) bond motifs is 1. The Morgan fingerprint density at radius 1 is 1.05 bits per heavy atom. The van der Waals surface area contributed by atoms with Crippen LogP contribution < -0.4 is 10.9 Å². The van der Waals surface area contributed by atoms with Crippen LogP contribution in [0.5, 0.6) is 0 Å². The lowest BCUT2D eigenvalue weighted by atomic mass is 10.1. The summed E-state index contributed by atoms with van der Waals surface area (Å²) in [4.78, 5) is 33.5. The highest BCUT2D eigenvalue weighted by Gasteiger charge is 2.21. The number of piperidine rings is 1. The molecule has 0 spiro atoms. The number of pyridine rings is 2. The maximum absolute atomic E-state index is 13.2. The van der Waals surface area contributed by atoms with Crippen LogP contribution in [0.1, 0.15) is 36.1 Å². The van der Waals surface area contributed by atoms with Gasteiger partial charge in [-0.25, -0.2) is 13.4 Å². The van der Waals surface area contributed by atoms with Gasteiger partial charge >= 0.3 is 0 Å². The molecular formula is C30H34N4O4S2. The van der Waals surface area contributed by atoms with Gasteiger partial charge in [-0.15, -0.1) is 11.3 Å². The van der Waals surface area contributed by atoms with Gasteiger partial charge in [-0.05, 0) is 99.2 Å². The van der Waals surface area contributed by atoms with Crippen molar-refractivity contribution in [3.05, 3.63) is 81.7 Å². The number of carbonyl (C=O) groups excluding carboxylic acids is 1. The molecule has 0 unspecified atom stereocenters. The molecule has 1 fully saturated rings. The third-order valence-electron chi connectivity index (χ3n) is 7.16. The molecule has 8 nitrogen and oxygen atoms in total. The molecule has 0 aliphatic carbocycles. The number of likely N-dealkylation sites (tertiary alicyclic amines) is 1. The van der Waals surface area contributed by atoms with E-state index in [0.29, 0.717) is 16.8 Å². The summed E-state index contributed by atoms with van der Waals surface area (Å²) in [5.41, 5.74) is 1.41. The summed E-state index contributed by atoms with van der Waals surface area (Å²) in [6.45, 7) is 6.24. The molecule has 4 aromatic rings. The Morgan fingerprint density at radius 3 is 2.60 bits per heavy atom. The van der Waals surface area contributed by atoms with E-state index < -0.39 is 21.4 Å². The molecule has 0 atom stereocenters. The number of aromatic nitrogens is 2. The van der Waals surface area contributed by atoms with E-state index in [9.17, 15) is 18.0 Å². The van der Waals surface area contributed by atoms with E-state index in [1.165, 1.54) is 49.2 Å². The Bertz CT molecular complexity index is 1650. The van der Waals surface area contributed by atoms with Crippen LogP contribution in [0.3, 0.4) is 0 Å². The average Bonchev–Trinajstić information content (AvgIpc) is 3.39. The van der Waals surface area contributed by atoms with Gasteiger partial charge in [0.15, 0.2) is 15.6 Å². The Labute approximate surface area is 238 Å². The molecule has 0 bridgehead atoms. The number of hydrogen-bond donors (Lipinski definition) is 1. The Morgan fingerprint density at radius 2 is 1.88 bits per heavy atom. The molecule has 210 valence electrons. The van der Waals surface area contributed by atoms with Crippen LogP contribution in [0.2, 0.25) is 0 Å². The smallest absolute Gasteiger partial charge is 0.264 e. The normalized spacial score (nSPS) is 14.4. The summed E-state index contributed by atoms with van der Waals surface area (Å²) in [5, 5.41) is 4.92. The summed E-state index contributed by atoms with van der Waals surface area (Å²) >= 11 is 1.16. The van der Waals surface area contributed by atoms with E-state index in [4.69, 9.17) is 0 Å². The Kier molecular flexibility index (Phi) is 8.78. The standard InChI is InChI=1S/C30H34N4O4S2/c1-22-6-11-29(39-22)40(37,38)21-26(35)18-23-7-10-28(32-20-23)34-17-12-24-19-25(8-9-27(24)30(34)36)31-13-5-16-33-14-3-2-4-15-33/h6-12,17,19-20,31H,2-5,13-16,18,21H2,1H3. The number of nitrogens with one attached hydrogen (secondary N) is 1. The highest BCUT2D eigenvalue weighted by Crippen LogP contribution is 2.22. The van der Waals surface area contributed by atoms with E-state index >= 15 is 0 Å². The second-order valence-corrected chi connectivity index (χ2v) is 13.8. The quantitative estimate of drug-likeness (QED) is 0.259. The fraction of sp³-hybridized carbons (Fsp3) is 0.367. The molecule has 1 aromatic carbocycles. The number of aryl methyl sites for hydroxylation is 1. The van der Waals surface area contributed by atoms with Gasteiger partial charge in [-0.1, -0.05) is 12.5 Å². The van der Waals surface area contributed by atoms with E-state index in [0.717, 1.165) is 46.8 Å². The maximum atomic E-state index is 13.2. The number of anilines is 1. The average molecular weight is 579 g/mol. The molecule has 0 saturated carbocycles. The fourth-order valence-corrected chi connectivity index (χ4v) is 7.67. The molecule has 1 aliphatic rings. The zero-order chi connectivity index (χ0) is 28.1. The topological polar surface area (TPSA) is 101 Å². The van der Waals surface area contributed by atoms with Gasteiger partial charge in [0, 0.05) is 41.3 Å².